The smallest absolute Gasteiger partial charge is 0.255 e. The van der Waals surface area contributed by atoms with E-state index in [1.165, 1.54) is 12.4 Å². The normalized spacial score (nSPS) is 11.8. The molecule has 0 atom stereocenters. The van der Waals surface area contributed by atoms with E-state index in [4.69, 9.17) is 11.6 Å². The van der Waals surface area contributed by atoms with E-state index in [-0.39, 0.29) is 5.92 Å². The summed E-state index contributed by atoms with van der Waals surface area (Å²) in [5.74, 6) is 0.256. The Bertz CT molecular complexity index is 830. The van der Waals surface area contributed by atoms with E-state index in [0.29, 0.717) is 21.1 Å². The molecule has 0 bridgehead atoms. The lowest BCUT2D eigenvalue weighted by Crippen LogP contribution is -1.97. The van der Waals surface area contributed by atoms with Crippen molar-refractivity contribution in [2.75, 3.05) is 0 Å². The van der Waals surface area contributed by atoms with Gasteiger partial charge in [0, 0.05) is 29.5 Å². The summed E-state index contributed by atoms with van der Waals surface area (Å²) < 4.78 is 26.0. The molecule has 0 spiro atoms. The fourth-order valence-electron chi connectivity index (χ4n) is 2.39. The fraction of sp³-hybridized carbons (Fsp3) is 0.267. The second kappa shape index (κ2) is 5.61. The predicted octanol–water partition coefficient (Wildman–Crippen LogP) is 4.67. The Labute approximate surface area is 130 Å². The Morgan fingerprint density at radius 1 is 1.09 bits per heavy atom. The summed E-state index contributed by atoms with van der Waals surface area (Å²) in [6, 6.07) is 1.77. The van der Waals surface area contributed by atoms with Gasteiger partial charge in [-0.05, 0) is 22.9 Å². The Morgan fingerprint density at radius 3 is 2.50 bits per heavy atom. The van der Waals surface area contributed by atoms with Gasteiger partial charge in [-0.3, -0.25) is 4.98 Å². The number of pyridine rings is 2. The van der Waals surface area contributed by atoms with E-state index in [0.717, 1.165) is 16.3 Å². The first kappa shape index (κ1) is 14.8. The predicted molar refractivity (Wildman–Crippen MR) is 81.1 cm³/mol. The first-order valence-electron chi connectivity index (χ1n) is 6.74. The van der Waals surface area contributed by atoms with Gasteiger partial charge >= 0.3 is 6.55 Å². The zero-order valence-electron chi connectivity index (χ0n) is 12.0. The molecule has 3 rings (SSSR count). The van der Waals surface area contributed by atoms with Gasteiger partial charge in [-0.1, -0.05) is 25.4 Å². The van der Waals surface area contributed by atoms with Gasteiger partial charge in [-0.15, -0.1) is 0 Å². The summed E-state index contributed by atoms with van der Waals surface area (Å²) in [5, 5.41) is 5.73. The number of rotatable bonds is 3. The summed E-state index contributed by atoms with van der Waals surface area (Å²) in [6.07, 6.45) is 6.01. The molecule has 22 heavy (non-hydrogen) atoms. The molecule has 114 valence electrons. The lowest BCUT2D eigenvalue weighted by molar-refractivity contribution is 0.0566. The summed E-state index contributed by atoms with van der Waals surface area (Å²) in [6.45, 7) is 1.43. The third-order valence-electron chi connectivity index (χ3n) is 3.47. The van der Waals surface area contributed by atoms with E-state index in [9.17, 15) is 8.78 Å². The molecule has 0 aromatic carbocycles. The molecule has 0 saturated carbocycles. The van der Waals surface area contributed by atoms with Gasteiger partial charge in [0.15, 0.2) is 0 Å². The van der Waals surface area contributed by atoms with Gasteiger partial charge in [0.25, 0.3) is 0 Å². The van der Waals surface area contributed by atoms with Crippen molar-refractivity contribution in [2.45, 2.75) is 26.3 Å². The Balaban J connectivity index is 2.24. The summed E-state index contributed by atoms with van der Waals surface area (Å²) >= 11 is 5.99. The second-order valence-electron chi connectivity index (χ2n) is 5.26. The molecule has 3 heterocycles. The number of nitrogens with zero attached hydrogens (tertiary/aromatic N) is 4. The molecule has 0 unspecified atom stereocenters. The lowest BCUT2D eigenvalue weighted by atomic mass is 9.97. The van der Waals surface area contributed by atoms with Crippen molar-refractivity contribution in [3.05, 3.63) is 41.6 Å². The molecule has 0 radical (unpaired) electrons. The van der Waals surface area contributed by atoms with Crippen LogP contribution in [-0.4, -0.2) is 19.7 Å². The molecule has 0 saturated heterocycles. The van der Waals surface area contributed by atoms with Crippen molar-refractivity contribution in [2.24, 2.45) is 0 Å². The Hall–Kier alpha value is -2.08. The van der Waals surface area contributed by atoms with Crippen molar-refractivity contribution in [3.63, 3.8) is 0 Å². The standard InChI is InChI=1S/C15H13ClF2N4/c1-8(2)11-5-20-14(9-4-21-22(7-9)15(17)18)12-6-19-13(16)3-10(11)12/h3-8,15H,1-2H3. The van der Waals surface area contributed by atoms with Crippen LogP contribution in [0.1, 0.15) is 31.9 Å². The zero-order valence-corrected chi connectivity index (χ0v) is 12.7. The topological polar surface area (TPSA) is 43.6 Å². The van der Waals surface area contributed by atoms with Crippen molar-refractivity contribution in [3.8, 4) is 11.3 Å². The van der Waals surface area contributed by atoms with E-state index in [1.54, 1.807) is 18.5 Å². The molecule has 0 aliphatic rings. The van der Waals surface area contributed by atoms with E-state index >= 15 is 0 Å². The highest BCUT2D eigenvalue weighted by molar-refractivity contribution is 6.30. The molecular formula is C15H13ClF2N4. The van der Waals surface area contributed by atoms with Gasteiger partial charge in [0.2, 0.25) is 0 Å². The molecule has 3 aromatic rings. The molecule has 0 fully saturated rings. The van der Waals surface area contributed by atoms with Gasteiger partial charge < -0.3 is 0 Å². The molecule has 4 nitrogen and oxygen atoms in total. The summed E-state index contributed by atoms with van der Waals surface area (Å²) in [4.78, 5) is 8.51. The van der Waals surface area contributed by atoms with Crippen LogP contribution in [0.25, 0.3) is 22.0 Å². The molecule has 0 amide bonds. The first-order valence-corrected chi connectivity index (χ1v) is 7.12. The van der Waals surface area contributed by atoms with Crippen LogP contribution in [-0.2, 0) is 0 Å². The van der Waals surface area contributed by atoms with Crippen LogP contribution in [0.4, 0.5) is 8.78 Å². The largest absolute Gasteiger partial charge is 0.333 e. The lowest BCUT2D eigenvalue weighted by Gasteiger charge is -2.12. The maximum Gasteiger partial charge on any atom is 0.333 e. The summed E-state index contributed by atoms with van der Waals surface area (Å²) in [7, 11) is 0. The number of aromatic nitrogens is 4. The fourth-order valence-corrected chi connectivity index (χ4v) is 2.55. The number of hydrogen-bond donors (Lipinski definition) is 0. The number of fused-ring (bicyclic) bond motifs is 1. The monoisotopic (exact) mass is 322 g/mol. The van der Waals surface area contributed by atoms with Crippen molar-refractivity contribution >= 4 is 22.4 Å². The maximum absolute atomic E-state index is 12.7. The molecule has 3 aromatic heterocycles. The third-order valence-corrected chi connectivity index (χ3v) is 3.67. The molecular weight excluding hydrogens is 310 g/mol. The van der Waals surface area contributed by atoms with Crippen LogP contribution in [0.3, 0.4) is 0 Å². The van der Waals surface area contributed by atoms with Crippen LogP contribution < -0.4 is 0 Å². The second-order valence-corrected chi connectivity index (χ2v) is 5.64. The van der Waals surface area contributed by atoms with Gasteiger partial charge in [0.1, 0.15) is 5.15 Å². The van der Waals surface area contributed by atoms with Gasteiger partial charge in [-0.2, -0.15) is 13.9 Å². The summed E-state index contributed by atoms with van der Waals surface area (Å²) in [5.41, 5.74) is 2.12. The zero-order chi connectivity index (χ0) is 15.9. The minimum absolute atomic E-state index is 0.256. The molecule has 7 heteroatoms. The van der Waals surface area contributed by atoms with Crippen molar-refractivity contribution in [1.82, 2.24) is 19.7 Å². The molecule has 0 aliphatic heterocycles. The highest BCUT2D eigenvalue weighted by atomic mass is 35.5. The van der Waals surface area contributed by atoms with Crippen LogP contribution in [0.15, 0.2) is 30.9 Å². The quantitative estimate of drug-likeness (QED) is 0.658. The number of hydrogen-bond acceptors (Lipinski definition) is 3. The number of halogens is 3. The van der Waals surface area contributed by atoms with Crippen molar-refractivity contribution in [1.29, 1.82) is 0 Å². The van der Waals surface area contributed by atoms with Gasteiger partial charge in [0.05, 0.1) is 11.9 Å². The van der Waals surface area contributed by atoms with E-state index in [1.807, 2.05) is 0 Å². The average Bonchev–Trinajstić information content (AvgIpc) is 2.95. The maximum atomic E-state index is 12.7. The average molecular weight is 323 g/mol. The van der Waals surface area contributed by atoms with Crippen LogP contribution in [0.5, 0.6) is 0 Å². The number of alkyl halides is 2. The highest BCUT2D eigenvalue weighted by Crippen LogP contribution is 2.32. The minimum atomic E-state index is -2.68. The Kier molecular flexibility index (Phi) is 3.78. The molecule has 0 aliphatic carbocycles. The van der Waals surface area contributed by atoms with Crippen LogP contribution in [0.2, 0.25) is 5.15 Å². The van der Waals surface area contributed by atoms with Crippen LogP contribution >= 0.6 is 11.6 Å². The van der Waals surface area contributed by atoms with E-state index in [2.05, 4.69) is 28.9 Å². The first-order chi connectivity index (χ1) is 10.5. The van der Waals surface area contributed by atoms with Crippen LogP contribution in [0, 0.1) is 0 Å². The molecule has 0 N–H and O–H groups in total. The SMILES string of the molecule is CC(C)c1cnc(-c2cnn(C(F)F)c2)c2cnc(Cl)cc12. The third kappa shape index (κ3) is 2.54. The van der Waals surface area contributed by atoms with E-state index < -0.39 is 6.55 Å². The highest BCUT2D eigenvalue weighted by Gasteiger charge is 2.15. The minimum Gasteiger partial charge on any atom is -0.255 e. The van der Waals surface area contributed by atoms with Crippen molar-refractivity contribution < 1.29 is 8.78 Å². The van der Waals surface area contributed by atoms with Gasteiger partial charge in [-0.25, -0.2) is 9.67 Å². The Morgan fingerprint density at radius 2 is 1.86 bits per heavy atom.